The van der Waals surface area contributed by atoms with E-state index in [1.807, 2.05) is 31.2 Å². The van der Waals surface area contributed by atoms with Gasteiger partial charge in [-0.3, -0.25) is 10.1 Å². The van der Waals surface area contributed by atoms with Gasteiger partial charge in [-0.2, -0.15) is 0 Å². The third-order valence-electron chi connectivity index (χ3n) is 3.70. The Balaban J connectivity index is 1.67. The molecular weight excluding hydrogens is 252 g/mol. The van der Waals surface area contributed by atoms with Gasteiger partial charge in [0.1, 0.15) is 0 Å². The zero-order chi connectivity index (χ0) is 13.9. The molecule has 1 aromatic carbocycles. The minimum Gasteiger partial charge on any atom is -0.338 e. The molecule has 2 aromatic rings. The number of hydrogen-bond acceptors (Lipinski definition) is 3. The molecule has 0 bridgehead atoms. The number of carbonyl (C=O) groups is 1. The minimum absolute atomic E-state index is 0.0571. The maximum Gasteiger partial charge on any atom is 0.234 e. The number of hydrogen-bond donors (Lipinski definition) is 1. The topological polar surface area (TPSA) is 55.1 Å². The Morgan fingerprint density at radius 1 is 1.25 bits per heavy atom. The van der Waals surface area contributed by atoms with Crippen LogP contribution >= 0.6 is 0 Å². The smallest absolute Gasteiger partial charge is 0.234 e. The predicted octanol–water partition coefficient (Wildman–Crippen LogP) is 3.04. The van der Waals surface area contributed by atoms with Crippen molar-refractivity contribution in [3.8, 4) is 0 Å². The fourth-order valence-corrected chi connectivity index (χ4v) is 2.55. The number of anilines is 1. The predicted molar refractivity (Wildman–Crippen MR) is 76.7 cm³/mol. The minimum atomic E-state index is -0.0571. The van der Waals surface area contributed by atoms with Gasteiger partial charge >= 0.3 is 0 Å². The summed E-state index contributed by atoms with van der Waals surface area (Å²) >= 11 is 0. The first-order valence-electron chi connectivity index (χ1n) is 7.05. The fourth-order valence-electron chi connectivity index (χ4n) is 2.55. The summed E-state index contributed by atoms with van der Waals surface area (Å²) in [6, 6.07) is 7.98. The molecule has 0 atom stereocenters. The molecular formula is C16H18N2O2. The second-order valence-electron chi connectivity index (χ2n) is 5.35. The number of nitrogens with one attached hydrogen (secondary N) is 1. The lowest BCUT2D eigenvalue weighted by atomic mass is 9.97. The van der Waals surface area contributed by atoms with Crippen molar-refractivity contribution in [2.75, 3.05) is 5.32 Å². The fraction of sp³-hybridized carbons (Fsp3) is 0.375. The standard InChI is InChI=1S/C16H18N2O2/c1-11-6-8-12(9-7-11)10-15(19)17-16-13-4-2-3-5-14(13)18-20-16/h6-9H,2-5,10H2,1H3,(H,17,19). The molecule has 1 heterocycles. The highest BCUT2D eigenvalue weighted by atomic mass is 16.5. The molecule has 1 amide bonds. The van der Waals surface area contributed by atoms with Gasteiger partial charge in [0.05, 0.1) is 12.1 Å². The van der Waals surface area contributed by atoms with E-state index in [4.69, 9.17) is 4.52 Å². The van der Waals surface area contributed by atoms with E-state index in [2.05, 4.69) is 10.5 Å². The Labute approximate surface area is 118 Å². The highest BCUT2D eigenvalue weighted by molar-refractivity contribution is 5.91. The third kappa shape index (κ3) is 2.74. The summed E-state index contributed by atoms with van der Waals surface area (Å²) in [4.78, 5) is 12.1. The van der Waals surface area contributed by atoms with E-state index < -0.39 is 0 Å². The van der Waals surface area contributed by atoms with E-state index in [-0.39, 0.29) is 5.91 Å². The van der Waals surface area contributed by atoms with Gasteiger partial charge in [-0.1, -0.05) is 35.0 Å². The lowest BCUT2D eigenvalue weighted by molar-refractivity contribution is -0.115. The van der Waals surface area contributed by atoms with E-state index in [1.165, 1.54) is 5.56 Å². The van der Waals surface area contributed by atoms with E-state index in [0.717, 1.165) is 42.5 Å². The summed E-state index contributed by atoms with van der Waals surface area (Å²) in [5.41, 5.74) is 4.27. The maximum atomic E-state index is 12.1. The quantitative estimate of drug-likeness (QED) is 0.932. The van der Waals surface area contributed by atoms with E-state index in [0.29, 0.717) is 12.3 Å². The van der Waals surface area contributed by atoms with Crippen LogP contribution < -0.4 is 5.32 Å². The lowest BCUT2D eigenvalue weighted by Gasteiger charge is -2.09. The van der Waals surface area contributed by atoms with Crippen LogP contribution in [0.5, 0.6) is 0 Å². The van der Waals surface area contributed by atoms with Crippen LogP contribution in [0, 0.1) is 6.92 Å². The first kappa shape index (κ1) is 12.9. The first-order valence-corrected chi connectivity index (χ1v) is 7.05. The molecule has 0 unspecified atom stereocenters. The maximum absolute atomic E-state index is 12.1. The van der Waals surface area contributed by atoms with Gasteiger partial charge in [0, 0.05) is 5.56 Å². The number of aromatic nitrogens is 1. The van der Waals surface area contributed by atoms with Gasteiger partial charge < -0.3 is 4.52 Å². The van der Waals surface area contributed by atoms with Crippen molar-refractivity contribution in [1.82, 2.24) is 5.16 Å². The molecule has 104 valence electrons. The summed E-state index contributed by atoms with van der Waals surface area (Å²) in [7, 11) is 0. The number of benzene rings is 1. The average Bonchev–Trinajstić information content (AvgIpc) is 2.85. The molecule has 1 aliphatic rings. The SMILES string of the molecule is Cc1ccc(CC(=O)Nc2onc3c2CCCC3)cc1. The van der Waals surface area contributed by atoms with Crippen molar-refractivity contribution in [3.63, 3.8) is 0 Å². The Morgan fingerprint density at radius 3 is 2.80 bits per heavy atom. The third-order valence-corrected chi connectivity index (χ3v) is 3.70. The Bertz CT molecular complexity index is 614. The van der Waals surface area contributed by atoms with Gasteiger partial charge in [0.15, 0.2) is 0 Å². The summed E-state index contributed by atoms with van der Waals surface area (Å²) in [6.45, 7) is 2.03. The van der Waals surface area contributed by atoms with Crippen LogP contribution in [0.25, 0.3) is 0 Å². The van der Waals surface area contributed by atoms with Gasteiger partial charge in [-0.05, 0) is 38.2 Å². The van der Waals surface area contributed by atoms with Crippen molar-refractivity contribution in [3.05, 3.63) is 46.6 Å². The molecule has 4 nitrogen and oxygen atoms in total. The van der Waals surface area contributed by atoms with Crippen LogP contribution in [0.1, 0.15) is 35.2 Å². The highest BCUT2D eigenvalue weighted by Gasteiger charge is 2.20. The molecule has 1 aromatic heterocycles. The Kier molecular flexibility index (Phi) is 3.54. The van der Waals surface area contributed by atoms with Crippen LogP contribution in [-0.2, 0) is 24.1 Å². The van der Waals surface area contributed by atoms with Crippen molar-refractivity contribution < 1.29 is 9.32 Å². The number of fused-ring (bicyclic) bond motifs is 1. The molecule has 20 heavy (non-hydrogen) atoms. The zero-order valence-corrected chi connectivity index (χ0v) is 11.6. The largest absolute Gasteiger partial charge is 0.338 e. The molecule has 3 rings (SSSR count). The van der Waals surface area contributed by atoms with Crippen LogP contribution in [-0.4, -0.2) is 11.1 Å². The van der Waals surface area contributed by atoms with Gasteiger partial charge in [-0.15, -0.1) is 0 Å². The average molecular weight is 270 g/mol. The number of aryl methyl sites for hydroxylation is 2. The summed E-state index contributed by atoms with van der Waals surface area (Å²) < 4.78 is 5.26. The van der Waals surface area contributed by atoms with Crippen LogP contribution in [0.15, 0.2) is 28.8 Å². The number of amides is 1. The van der Waals surface area contributed by atoms with Crippen LogP contribution in [0.2, 0.25) is 0 Å². The molecule has 0 aliphatic heterocycles. The van der Waals surface area contributed by atoms with Gasteiger partial charge in [0.25, 0.3) is 0 Å². The molecule has 0 saturated carbocycles. The summed E-state index contributed by atoms with van der Waals surface area (Å²) in [5.74, 6) is 0.482. The van der Waals surface area contributed by atoms with E-state index in [1.54, 1.807) is 0 Å². The van der Waals surface area contributed by atoms with Crippen LogP contribution in [0.4, 0.5) is 5.88 Å². The molecule has 0 spiro atoms. The van der Waals surface area contributed by atoms with Crippen LogP contribution in [0.3, 0.4) is 0 Å². The van der Waals surface area contributed by atoms with Gasteiger partial charge in [0.2, 0.25) is 11.8 Å². The van der Waals surface area contributed by atoms with Crippen molar-refractivity contribution >= 4 is 11.8 Å². The van der Waals surface area contributed by atoms with Crippen molar-refractivity contribution in [1.29, 1.82) is 0 Å². The second-order valence-corrected chi connectivity index (χ2v) is 5.35. The number of rotatable bonds is 3. The monoisotopic (exact) mass is 270 g/mol. The molecule has 0 fully saturated rings. The van der Waals surface area contributed by atoms with E-state index in [9.17, 15) is 4.79 Å². The second kappa shape index (κ2) is 5.49. The van der Waals surface area contributed by atoms with Crippen molar-refractivity contribution in [2.45, 2.75) is 39.0 Å². The molecule has 0 radical (unpaired) electrons. The van der Waals surface area contributed by atoms with Gasteiger partial charge in [-0.25, -0.2) is 0 Å². The molecule has 4 heteroatoms. The summed E-state index contributed by atoms with van der Waals surface area (Å²) in [5, 5.41) is 6.88. The number of nitrogens with zero attached hydrogens (tertiary/aromatic N) is 1. The number of carbonyl (C=O) groups excluding carboxylic acids is 1. The normalized spacial score (nSPS) is 13.8. The Hall–Kier alpha value is -2.10. The highest BCUT2D eigenvalue weighted by Crippen LogP contribution is 2.27. The first-order chi connectivity index (χ1) is 9.72. The molecule has 0 saturated heterocycles. The van der Waals surface area contributed by atoms with E-state index >= 15 is 0 Å². The molecule has 1 aliphatic carbocycles. The Morgan fingerprint density at radius 2 is 2.00 bits per heavy atom. The lowest BCUT2D eigenvalue weighted by Crippen LogP contribution is -2.15. The zero-order valence-electron chi connectivity index (χ0n) is 11.6. The van der Waals surface area contributed by atoms with Crippen molar-refractivity contribution in [2.24, 2.45) is 0 Å². The molecule has 1 N–H and O–H groups in total. The summed E-state index contributed by atoms with van der Waals surface area (Å²) in [6.07, 6.45) is 4.53.